The largest absolute Gasteiger partial charge is 0.294 e. The maximum absolute atomic E-state index is 13.5. The summed E-state index contributed by atoms with van der Waals surface area (Å²) in [6, 6.07) is 4.53. The van der Waals surface area contributed by atoms with Crippen molar-refractivity contribution < 1.29 is 9.00 Å². The third-order valence-electron chi connectivity index (χ3n) is 7.64. The summed E-state index contributed by atoms with van der Waals surface area (Å²) in [6.45, 7) is 11.4. The van der Waals surface area contributed by atoms with Crippen LogP contribution in [0.25, 0.3) is 0 Å². The van der Waals surface area contributed by atoms with Crippen molar-refractivity contribution in [3.8, 4) is 0 Å². The first-order valence-corrected chi connectivity index (χ1v) is 12.0. The summed E-state index contributed by atoms with van der Waals surface area (Å²) < 4.78 is 12.5. The highest BCUT2D eigenvalue weighted by Gasteiger charge is 2.42. The van der Waals surface area contributed by atoms with E-state index in [-0.39, 0.29) is 27.2 Å². The molecule has 27 heavy (non-hydrogen) atoms. The second kappa shape index (κ2) is 6.54. The zero-order valence-electron chi connectivity index (χ0n) is 17.6. The highest BCUT2D eigenvalue weighted by Crippen LogP contribution is 2.47. The molecule has 2 bridgehead atoms. The fraction of sp³-hybridized carbons (Fsp3) is 0.708. The molecule has 2 saturated heterocycles. The van der Waals surface area contributed by atoms with Crippen molar-refractivity contribution in [2.24, 2.45) is 5.92 Å². The second-order valence-corrected chi connectivity index (χ2v) is 12.5. The SMILES string of the molecule is Cc1cc2c(cc1C(=O)C1CC3CCCC(C1)S3=O)C(C)(C)CCC2(C)C. The van der Waals surface area contributed by atoms with E-state index in [1.807, 2.05) is 0 Å². The normalized spacial score (nSPS) is 34.0. The van der Waals surface area contributed by atoms with Gasteiger partial charge in [0.2, 0.25) is 0 Å². The van der Waals surface area contributed by atoms with Crippen LogP contribution in [0.1, 0.15) is 99.7 Å². The minimum absolute atomic E-state index is 0.0643. The van der Waals surface area contributed by atoms with E-state index >= 15 is 0 Å². The molecule has 3 heteroatoms. The van der Waals surface area contributed by atoms with Crippen molar-refractivity contribution in [2.75, 3.05) is 0 Å². The molecule has 0 saturated carbocycles. The highest BCUT2D eigenvalue weighted by molar-refractivity contribution is 7.86. The van der Waals surface area contributed by atoms with Gasteiger partial charge in [-0.3, -0.25) is 9.00 Å². The number of rotatable bonds is 2. The molecular weight excluding hydrogens is 352 g/mol. The lowest BCUT2D eigenvalue weighted by Gasteiger charge is -2.42. The molecule has 0 radical (unpaired) electrons. The molecular formula is C24H34O2S. The maximum Gasteiger partial charge on any atom is 0.166 e. The van der Waals surface area contributed by atoms with Crippen molar-refractivity contribution >= 4 is 16.6 Å². The van der Waals surface area contributed by atoms with E-state index in [1.165, 1.54) is 24.0 Å². The smallest absolute Gasteiger partial charge is 0.166 e. The van der Waals surface area contributed by atoms with Gasteiger partial charge in [0.25, 0.3) is 0 Å². The first-order valence-electron chi connectivity index (χ1n) is 10.7. The standard InChI is InChI=1S/C24H34O2S/c1-15-11-20-21(24(4,5)10-9-23(20,2)3)14-19(15)22(25)16-12-17-7-6-8-18(13-16)27(17)26/h11,14,16-18H,6-10,12-13H2,1-5H3. The molecule has 1 aromatic carbocycles. The van der Waals surface area contributed by atoms with E-state index in [4.69, 9.17) is 0 Å². The van der Waals surface area contributed by atoms with Gasteiger partial charge in [-0.05, 0) is 79.0 Å². The summed E-state index contributed by atoms with van der Waals surface area (Å²) in [5, 5.41) is 0.500. The molecule has 0 aromatic heterocycles. The van der Waals surface area contributed by atoms with Crippen LogP contribution in [0, 0.1) is 12.8 Å². The Kier molecular flexibility index (Phi) is 4.69. The third-order valence-corrected chi connectivity index (χ3v) is 9.81. The Morgan fingerprint density at radius 1 is 0.963 bits per heavy atom. The monoisotopic (exact) mass is 386 g/mol. The Bertz CT molecular complexity index is 789. The number of hydrogen-bond donors (Lipinski definition) is 0. The number of ketones is 1. The van der Waals surface area contributed by atoms with Gasteiger partial charge in [-0.2, -0.15) is 0 Å². The predicted molar refractivity (Wildman–Crippen MR) is 113 cm³/mol. The van der Waals surface area contributed by atoms with E-state index in [0.717, 1.165) is 43.2 Å². The number of hydrogen-bond acceptors (Lipinski definition) is 2. The fourth-order valence-corrected chi connectivity index (χ4v) is 7.84. The molecule has 4 rings (SSSR count). The maximum atomic E-state index is 13.5. The van der Waals surface area contributed by atoms with Crippen molar-refractivity contribution in [1.29, 1.82) is 0 Å². The quantitative estimate of drug-likeness (QED) is 0.619. The Balaban J connectivity index is 1.70. The number of benzene rings is 1. The predicted octanol–water partition coefficient (Wildman–Crippen LogP) is 5.61. The molecule has 1 aliphatic carbocycles. The number of carbonyl (C=O) groups excluding carboxylic acids is 1. The molecule has 2 heterocycles. The van der Waals surface area contributed by atoms with Crippen LogP contribution in [0.4, 0.5) is 0 Å². The lowest BCUT2D eigenvalue weighted by atomic mass is 9.62. The molecule has 2 fully saturated rings. The van der Waals surface area contributed by atoms with Crippen molar-refractivity contribution in [2.45, 2.75) is 101 Å². The van der Waals surface area contributed by atoms with Crippen molar-refractivity contribution in [3.63, 3.8) is 0 Å². The van der Waals surface area contributed by atoms with Gasteiger partial charge in [0, 0.05) is 32.8 Å². The molecule has 2 atom stereocenters. The summed E-state index contributed by atoms with van der Waals surface area (Å²) in [5.41, 5.74) is 5.15. The molecule has 0 amide bonds. The van der Waals surface area contributed by atoms with Crippen LogP contribution < -0.4 is 0 Å². The number of Topliss-reactive ketones (excluding diaryl/α,β-unsaturated/α-hetero) is 1. The molecule has 1 aromatic rings. The third kappa shape index (κ3) is 3.24. The Labute approximate surface area is 167 Å². The summed E-state index contributed by atoms with van der Waals surface area (Å²) in [7, 11) is -0.712. The Morgan fingerprint density at radius 3 is 2.04 bits per heavy atom. The van der Waals surface area contributed by atoms with Crippen LogP contribution in [0.5, 0.6) is 0 Å². The van der Waals surface area contributed by atoms with E-state index in [0.29, 0.717) is 5.78 Å². The van der Waals surface area contributed by atoms with Gasteiger partial charge in [-0.15, -0.1) is 0 Å². The van der Waals surface area contributed by atoms with Crippen LogP contribution in [-0.4, -0.2) is 20.5 Å². The van der Waals surface area contributed by atoms with Crippen molar-refractivity contribution in [3.05, 3.63) is 34.4 Å². The molecule has 2 aliphatic heterocycles. The molecule has 0 spiro atoms. The van der Waals surface area contributed by atoms with Gasteiger partial charge < -0.3 is 0 Å². The summed E-state index contributed by atoms with van der Waals surface area (Å²) in [6.07, 6.45) is 7.27. The average molecular weight is 387 g/mol. The van der Waals surface area contributed by atoms with E-state index in [2.05, 4.69) is 46.8 Å². The Hall–Kier alpha value is -0.960. The number of fused-ring (bicyclic) bond motifs is 3. The van der Waals surface area contributed by atoms with Gasteiger partial charge in [-0.1, -0.05) is 40.2 Å². The zero-order valence-corrected chi connectivity index (χ0v) is 18.4. The van der Waals surface area contributed by atoms with Gasteiger partial charge >= 0.3 is 0 Å². The van der Waals surface area contributed by atoms with Gasteiger partial charge in [0.1, 0.15) is 0 Å². The minimum Gasteiger partial charge on any atom is -0.294 e. The first-order chi connectivity index (χ1) is 12.6. The zero-order chi connectivity index (χ0) is 19.6. The van der Waals surface area contributed by atoms with Crippen molar-refractivity contribution in [1.82, 2.24) is 0 Å². The van der Waals surface area contributed by atoms with Crippen LogP contribution in [0.2, 0.25) is 0 Å². The van der Waals surface area contributed by atoms with Gasteiger partial charge in [-0.25, -0.2) is 0 Å². The molecule has 2 unspecified atom stereocenters. The lowest BCUT2D eigenvalue weighted by Crippen LogP contribution is -2.41. The van der Waals surface area contributed by atoms with Crippen LogP contribution in [0.15, 0.2) is 12.1 Å². The average Bonchev–Trinajstić information content (AvgIpc) is 2.58. The van der Waals surface area contributed by atoms with E-state index in [9.17, 15) is 9.00 Å². The van der Waals surface area contributed by atoms with Gasteiger partial charge in [0.05, 0.1) is 0 Å². The Morgan fingerprint density at radius 2 is 1.48 bits per heavy atom. The van der Waals surface area contributed by atoms with Crippen LogP contribution in [-0.2, 0) is 21.6 Å². The first kappa shape index (κ1) is 19.4. The topological polar surface area (TPSA) is 34.1 Å². The van der Waals surface area contributed by atoms with E-state index in [1.54, 1.807) is 0 Å². The number of carbonyl (C=O) groups is 1. The lowest BCUT2D eigenvalue weighted by molar-refractivity contribution is 0.0894. The molecule has 2 nitrogen and oxygen atoms in total. The van der Waals surface area contributed by atoms with E-state index < -0.39 is 10.8 Å². The fourth-order valence-electron chi connectivity index (χ4n) is 5.66. The van der Waals surface area contributed by atoms with Gasteiger partial charge in [0.15, 0.2) is 5.78 Å². The van der Waals surface area contributed by atoms with Crippen LogP contribution >= 0.6 is 0 Å². The molecule has 0 N–H and O–H groups in total. The number of aryl methyl sites for hydroxylation is 1. The molecule has 3 aliphatic rings. The second-order valence-electron chi connectivity index (χ2n) is 10.5. The summed E-state index contributed by atoms with van der Waals surface area (Å²) in [4.78, 5) is 13.5. The minimum atomic E-state index is -0.712. The van der Waals surface area contributed by atoms with Crippen LogP contribution in [0.3, 0.4) is 0 Å². The summed E-state index contributed by atoms with van der Waals surface area (Å²) in [5.74, 6) is 0.373. The summed E-state index contributed by atoms with van der Waals surface area (Å²) >= 11 is 0. The highest BCUT2D eigenvalue weighted by atomic mass is 32.2. The molecule has 148 valence electrons.